The SMILES string of the molecule is C/C=C(\NC(C)=O)C(=O)NCc1ccccc1. The van der Waals surface area contributed by atoms with Crippen molar-refractivity contribution in [2.75, 3.05) is 0 Å². The van der Waals surface area contributed by atoms with E-state index >= 15 is 0 Å². The third-order valence-electron chi connectivity index (χ3n) is 2.14. The van der Waals surface area contributed by atoms with Crippen molar-refractivity contribution in [1.29, 1.82) is 0 Å². The maximum absolute atomic E-state index is 11.7. The van der Waals surface area contributed by atoms with Crippen LogP contribution < -0.4 is 10.6 Å². The summed E-state index contributed by atoms with van der Waals surface area (Å²) in [4.78, 5) is 22.5. The van der Waals surface area contributed by atoms with Crippen molar-refractivity contribution in [3.05, 3.63) is 47.7 Å². The Hall–Kier alpha value is -2.10. The first-order valence-corrected chi connectivity index (χ1v) is 5.39. The summed E-state index contributed by atoms with van der Waals surface area (Å²) >= 11 is 0. The second-order valence-corrected chi connectivity index (χ2v) is 3.55. The molecule has 0 aliphatic heterocycles. The topological polar surface area (TPSA) is 58.2 Å². The van der Waals surface area contributed by atoms with Crippen LogP contribution in [0.2, 0.25) is 0 Å². The summed E-state index contributed by atoms with van der Waals surface area (Å²) in [5.41, 5.74) is 1.28. The van der Waals surface area contributed by atoms with Crippen LogP contribution in [0.5, 0.6) is 0 Å². The van der Waals surface area contributed by atoms with Crippen LogP contribution in [0.25, 0.3) is 0 Å². The summed E-state index contributed by atoms with van der Waals surface area (Å²) in [5, 5.41) is 5.21. The fourth-order valence-electron chi connectivity index (χ4n) is 1.32. The molecule has 0 aliphatic rings. The Morgan fingerprint density at radius 2 is 1.88 bits per heavy atom. The zero-order valence-electron chi connectivity index (χ0n) is 9.99. The summed E-state index contributed by atoms with van der Waals surface area (Å²) in [6.07, 6.45) is 1.57. The highest BCUT2D eigenvalue weighted by molar-refractivity contribution is 5.96. The molecule has 0 aliphatic carbocycles. The number of hydrogen-bond donors (Lipinski definition) is 2. The van der Waals surface area contributed by atoms with Gasteiger partial charge in [0.05, 0.1) is 0 Å². The van der Waals surface area contributed by atoms with Crippen LogP contribution in [-0.2, 0) is 16.1 Å². The maximum atomic E-state index is 11.7. The summed E-state index contributed by atoms with van der Waals surface area (Å²) in [6.45, 7) is 3.51. The molecule has 90 valence electrons. The van der Waals surface area contributed by atoms with Crippen LogP contribution in [0.15, 0.2) is 42.1 Å². The fourth-order valence-corrected chi connectivity index (χ4v) is 1.32. The first kappa shape index (κ1) is 13.0. The molecule has 17 heavy (non-hydrogen) atoms. The lowest BCUT2D eigenvalue weighted by molar-refractivity contribution is -0.122. The minimum absolute atomic E-state index is 0.257. The molecule has 1 rings (SSSR count). The first-order chi connectivity index (χ1) is 8.13. The molecule has 2 N–H and O–H groups in total. The van der Waals surface area contributed by atoms with E-state index in [9.17, 15) is 9.59 Å². The van der Waals surface area contributed by atoms with Gasteiger partial charge >= 0.3 is 0 Å². The lowest BCUT2D eigenvalue weighted by atomic mass is 10.2. The Kier molecular flexibility index (Phi) is 4.94. The van der Waals surface area contributed by atoms with Gasteiger partial charge in [-0.3, -0.25) is 9.59 Å². The molecule has 0 aromatic heterocycles. The highest BCUT2D eigenvalue weighted by atomic mass is 16.2. The summed E-state index contributed by atoms with van der Waals surface area (Å²) < 4.78 is 0. The molecular weight excluding hydrogens is 216 g/mol. The van der Waals surface area contributed by atoms with E-state index < -0.39 is 0 Å². The molecule has 0 heterocycles. The second kappa shape index (κ2) is 6.48. The van der Waals surface area contributed by atoms with Gasteiger partial charge in [0.2, 0.25) is 5.91 Å². The van der Waals surface area contributed by atoms with Gasteiger partial charge in [-0.15, -0.1) is 0 Å². The number of amides is 2. The van der Waals surface area contributed by atoms with Crippen LogP contribution in [0, 0.1) is 0 Å². The van der Waals surface area contributed by atoms with Gasteiger partial charge in [0.25, 0.3) is 5.91 Å². The minimum atomic E-state index is -0.286. The molecule has 1 aromatic rings. The minimum Gasteiger partial charge on any atom is -0.347 e. The lowest BCUT2D eigenvalue weighted by Gasteiger charge is -2.08. The molecule has 0 bridgehead atoms. The molecule has 4 nitrogen and oxygen atoms in total. The van der Waals surface area contributed by atoms with Crippen LogP contribution in [0.4, 0.5) is 0 Å². The largest absolute Gasteiger partial charge is 0.347 e. The zero-order valence-corrected chi connectivity index (χ0v) is 9.99. The monoisotopic (exact) mass is 232 g/mol. The van der Waals surface area contributed by atoms with Gasteiger partial charge in [-0.2, -0.15) is 0 Å². The number of rotatable bonds is 4. The van der Waals surface area contributed by atoms with Gasteiger partial charge in [-0.05, 0) is 12.5 Å². The van der Waals surface area contributed by atoms with Crippen molar-refractivity contribution in [3.8, 4) is 0 Å². The second-order valence-electron chi connectivity index (χ2n) is 3.55. The normalized spacial score (nSPS) is 10.8. The van der Waals surface area contributed by atoms with E-state index in [0.717, 1.165) is 5.56 Å². The molecule has 0 radical (unpaired) electrons. The standard InChI is InChI=1S/C13H16N2O2/c1-3-12(15-10(2)16)13(17)14-9-11-7-5-4-6-8-11/h3-8H,9H2,1-2H3,(H,14,17)(H,15,16)/b12-3-. The molecule has 4 heteroatoms. The number of hydrogen-bond acceptors (Lipinski definition) is 2. The van der Waals surface area contributed by atoms with Gasteiger partial charge in [0.1, 0.15) is 5.70 Å². The van der Waals surface area contributed by atoms with E-state index in [1.807, 2.05) is 30.3 Å². The van der Waals surface area contributed by atoms with Gasteiger partial charge in [-0.1, -0.05) is 36.4 Å². The smallest absolute Gasteiger partial charge is 0.267 e. The van der Waals surface area contributed by atoms with Crippen LogP contribution >= 0.6 is 0 Å². The highest BCUT2D eigenvalue weighted by Crippen LogP contribution is 1.98. The molecule has 2 amide bonds. The molecule has 0 saturated heterocycles. The zero-order chi connectivity index (χ0) is 12.7. The van der Waals surface area contributed by atoms with Crippen molar-refractivity contribution < 1.29 is 9.59 Å². The van der Waals surface area contributed by atoms with Gasteiger partial charge in [0.15, 0.2) is 0 Å². The van der Waals surface area contributed by atoms with E-state index in [1.165, 1.54) is 6.92 Å². The first-order valence-electron chi connectivity index (χ1n) is 5.39. The lowest BCUT2D eigenvalue weighted by Crippen LogP contribution is -2.33. The Morgan fingerprint density at radius 3 is 2.41 bits per heavy atom. The van der Waals surface area contributed by atoms with Crippen molar-refractivity contribution in [3.63, 3.8) is 0 Å². The van der Waals surface area contributed by atoms with Gasteiger partial charge in [0, 0.05) is 13.5 Å². The summed E-state index contributed by atoms with van der Waals surface area (Å²) in [7, 11) is 0. The molecular formula is C13H16N2O2. The summed E-state index contributed by atoms with van der Waals surface area (Å²) in [6, 6.07) is 9.58. The van der Waals surface area contributed by atoms with Crippen molar-refractivity contribution in [2.24, 2.45) is 0 Å². The van der Waals surface area contributed by atoms with Crippen molar-refractivity contribution in [2.45, 2.75) is 20.4 Å². The average molecular weight is 232 g/mol. The predicted molar refractivity (Wildman–Crippen MR) is 65.9 cm³/mol. The van der Waals surface area contributed by atoms with E-state index in [4.69, 9.17) is 0 Å². The predicted octanol–water partition coefficient (Wildman–Crippen LogP) is 1.34. The molecule has 0 unspecified atom stereocenters. The summed E-state index contributed by atoms with van der Waals surface area (Å²) in [5.74, 6) is -0.542. The van der Waals surface area contributed by atoms with Crippen molar-refractivity contribution in [1.82, 2.24) is 10.6 Å². The molecule has 0 atom stereocenters. The van der Waals surface area contributed by atoms with Gasteiger partial charge < -0.3 is 10.6 Å². The third kappa shape index (κ3) is 4.51. The van der Waals surface area contributed by atoms with E-state index in [-0.39, 0.29) is 17.5 Å². The number of allylic oxidation sites excluding steroid dienone is 1. The van der Waals surface area contributed by atoms with Gasteiger partial charge in [-0.25, -0.2) is 0 Å². The van der Waals surface area contributed by atoms with E-state index in [2.05, 4.69) is 10.6 Å². The molecule has 0 fully saturated rings. The molecule has 0 spiro atoms. The van der Waals surface area contributed by atoms with Crippen molar-refractivity contribution >= 4 is 11.8 Å². The Balaban J connectivity index is 2.52. The Morgan fingerprint density at radius 1 is 1.24 bits per heavy atom. The average Bonchev–Trinajstić information content (AvgIpc) is 2.34. The molecule has 1 aromatic carbocycles. The fraction of sp³-hybridized carbons (Fsp3) is 0.231. The van der Waals surface area contributed by atoms with Crippen LogP contribution in [-0.4, -0.2) is 11.8 Å². The Bertz CT molecular complexity index is 424. The highest BCUT2D eigenvalue weighted by Gasteiger charge is 2.08. The molecule has 0 saturated carbocycles. The van der Waals surface area contributed by atoms with Crippen LogP contribution in [0.3, 0.4) is 0 Å². The third-order valence-corrected chi connectivity index (χ3v) is 2.14. The number of benzene rings is 1. The number of carbonyl (C=O) groups is 2. The Labute approximate surface area is 101 Å². The quantitative estimate of drug-likeness (QED) is 0.770. The maximum Gasteiger partial charge on any atom is 0.267 e. The van der Waals surface area contributed by atoms with Crippen LogP contribution in [0.1, 0.15) is 19.4 Å². The number of nitrogens with one attached hydrogen (secondary N) is 2. The van der Waals surface area contributed by atoms with E-state index in [0.29, 0.717) is 6.54 Å². The van der Waals surface area contributed by atoms with E-state index in [1.54, 1.807) is 13.0 Å². The number of carbonyl (C=O) groups excluding carboxylic acids is 2.